The normalized spacial score (nSPS) is 12.2. The number of aromatic nitrogens is 3. The first-order valence-corrected chi connectivity index (χ1v) is 12.4. The summed E-state index contributed by atoms with van der Waals surface area (Å²) in [4.78, 5) is 29.4. The van der Waals surface area contributed by atoms with Crippen LogP contribution in [0.2, 0.25) is 0 Å². The van der Waals surface area contributed by atoms with Crippen molar-refractivity contribution in [2.75, 3.05) is 14.2 Å². The summed E-state index contributed by atoms with van der Waals surface area (Å²) in [5.74, 6) is 0.844. The van der Waals surface area contributed by atoms with Gasteiger partial charge in [0.25, 0.3) is 0 Å². The molecule has 0 aliphatic carbocycles. The number of furan rings is 1. The van der Waals surface area contributed by atoms with Crippen LogP contribution in [0.25, 0.3) is 11.0 Å². The number of hydrogen-bond acceptors (Lipinski definition) is 7. The van der Waals surface area contributed by atoms with Gasteiger partial charge in [-0.1, -0.05) is 30.3 Å². The second kappa shape index (κ2) is 11.4. The first-order chi connectivity index (χ1) is 18.3. The minimum absolute atomic E-state index is 0.0669. The van der Waals surface area contributed by atoms with E-state index in [4.69, 9.17) is 13.9 Å². The van der Waals surface area contributed by atoms with E-state index in [1.54, 1.807) is 37.4 Å². The standard InChI is InChI=1S/C28H33N5O5/c1-6-28(2,3)29-27(35)26(19-13-14-23(36-4)24(16-19)37-5)32(17-20-10-9-15-38-20)25(34)18-33-22-12-8-7-11-21(22)30-31-33/h7-16,26H,6,17-18H2,1-5H3,(H,29,35)/t26-/m1/s1. The molecule has 10 nitrogen and oxygen atoms in total. The molecule has 4 aromatic rings. The molecular formula is C28H33N5O5. The molecule has 4 rings (SSSR count). The number of nitrogens with zero attached hydrogens (tertiary/aromatic N) is 4. The minimum atomic E-state index is -0.993. The largest absolute Gasteiger partial charge is 0.493 e. The number of carbonyl (C=O) groups excluding carboxylic acids is 2. The molecule has 0 unspecified atom stereocenters. The fourth-order valence-electron chi connectivity index (χ4n) is 4.13. The van der Waals surface area contributed by atoms with Crippen LogP contribution in [-0.4, -0.2) is 51.5 Å². The van der Waals surface area contributed by atoms with Gasteiger partial charge < -0.3 is 24.1 Å². The van der Waals surface area contributed by atoms with Crippen molar-refractivity contribution in [2.24, 2.45) is 0 Å². The average Bonchev–Trinajstić information content (AvgIpc) is 3.58. The molecule has 10 heteroatoms. The third-order valence-electron chi connectivity index (χ3n) is 6.56. The number of methoxy groups -OCH3 is 2. The van der Waals surface area contributed by atoms with Crippen molar-refractivity contribution in [2.45, 2.75) is 51.9 Å². The van der Waals surface area contributed by atoms with E-state index >= 15 is 0 Å². The molecule has 0 aliphatic rings. The Labute approximate surface area is 221 Å². The molecule has 2 heterocycles. The van der Waals surface area contributed by atoms with E-state index in [1.807, 2.05) is 45.0 Å². The lowest BCUT2D eigenvalue weighted by atomic mass is 9.98. The molecule has 38 heavy (non-hydrogen) atoms. The first kappa shape index (κ1) is 26.7. The molecule has 2 amide bonds. The number of para-hydroxylation sites is 1. The Hall–Kier alpha value is -4.34. The van der Waals surface area contributed by atoms with Crippen LogP contribution in [0.1, 0.15) is 44.6 Å². The third-order valence-corrected chi connectivity index (χ3v) is 6.56. The zero-order valence-corrected chi connectivity index (χ0v) is 22.3. The summed E-state index contributed by atoms with van der Waals surface area (Å²) in [5, 5.41) is 11.4. The van der Waals surface area contributed by atoms with Crippen LogP contribution in [0.4, 0.5) is 0 Å². The summed E-state index contributed by atoms with van der Waals surface area (Å²) in [6, 6.07) is 15.1. The highest BCUT2D eigenvalue weighted by molar-refractivity contribution is 5.89. The Morgan fingerprint density at radius 3 is 2.53 bits per heavy atom. The number of carbonyl (C=O) groups is 2. The number of amides is 2. The third kappa shape index (κ3) is 5.80. The predicted molar refractivity (Wildman–Crippen MR) is 142 cm³/mol. The van der Waals surface area contributed by atoms with Crippen molar-refractivity contribution in [3.05, 3.63) is 72.2 Å². The SMILES string of the molecule is CCC(C)(C)NC(=O)[C@@H](c1ccc(OC)c(OC)c1)N(Cc1ccco1)C(=O)Cn1nnc2ccccc21. The fourth-order valence-corrected chi connectivity index (χ4v) is 4.13. The Balaban J connectivity index is 1.79. The van der Waals surface area contributed by atoms with Crippen molar-refractivity contribution in [3.8, 4) is 11.5 Å². The molecule has 1 N–H and O–H groups in total. The van der Waals surface area contributed by atoms with E-state index in [9.17, 15) is 9.59 Å². The van der Waals surface area contributed by atoms with Gasteiger partial charge in [0.15, 0.2) is 11.5 Å². The summed E-state index contributed by atoms with van der Waals surface area (Å²) in [5.41, 5.74) is 1.47. The Morgan fingerprint density at radius 1 is 1.08 bits per heavy atom. The van der Waals surface area contributed by atoms with E-state index < -0.39 is 11.6 Å². The zero-order chi connectivity index (χ0) is 27.3. The quantitative estimate of drug-likeness (QED) is 0.317. The van der Waals surface area contributed by atoms with Gasteiger partial charge in [-0.15, -0.1) is 5.10 Å². The van der Waals surface area contributed by atoms with E-state index in [1.165, 1.54) is 23.0 Å². The number of fused-ring (bicyclic) bond motifs is 1. The zero-order valence-electron chi connectivity index (χ0n) is 22.3. The monoisotopic (exact) mass is 519 g/mol. The maximum absolute atomic E-state index is 14.0. The molecule has 0 bridgehead atoms. The van der Waals surface area contributed by atoms with Gasteiger partial charge in [-0.2, -0.15) is 0 Å². The van der Waals surface area contributed by atoms with Gasteiger partial charge in [-0.25, -0.2) is 4.68 Å². The molecule has 0 spiro atoms. The van der Waals surface area contributed by atoms with Crippen molar-refractivity contribution in [1.29, 1.82) is 0 Å². The Morgan fingerprint density at radius 2 is 1.84 bits per heavy atom. The minimum Gasteiger partial charge on any atom is -0.493 e. The number of rotatable bonds is 11. The summed E-state index contributed by atoms with van der Waals surface area (Å²) >= 11 is 0. The summed E-state index contributed by atoms with van der Waals surface area (Å²) in [6.07, 6.45) is 2.24. The molecule has 2 aromatic carbocycles. The van der Waals surface area contributed by atoms with Crippen LogP contribution < -0.4 is 14.8 Å². The first-order valence-electron chi connectivity index (χ1n) is 12.4. The van der Waals surface area contributed by atoms with Gasteiger partial charge in [0.2, 0.25) is 11.8 Å². The van der Waals surface area contributed by atoms with Crippen molar-refractivity contribution in [1.82, 2.24) is 25.2 Å². The number of hydrogen-bond donors (Lipinski definition) is 1. The smallest absolute Gasteiger partial charge is 0.247 e. The van der Waals surface area contributed by atoms with Crippen LogP contribution in [0.3, 0.4) is 0 Å². The van der Waals surface area contributed by atoms with Gasteiger partial charge in [0.05, 0.1) is 32.5 Å². The van der Waals surface area contributed by atoms with Gasteiger partial charge in [0.1, 0.15) is 23.9 Å². The Bertz CT molecular complexity index is 1400. The lowest BCUT2D eigenvalue weighted by Crippen LogP contribution is -2.50. The van der Waals surface area contributed by atoms with Gasteiger partial charge >= 0.3 is 0 Å². The van der Waals surface area contributed by atoms with E-state index in [-0.39, 0.29) is 24.9 Å². The highest BCUT2D eigenvalue weighted by atomic mass is 16.5. The van der Waals surface area contributed by atoms with Crippen LogP contribution in [0.15, 0.2) is 65.3 Å². The molecule has 0 aliphatic heterocycles. The molecule has 1 atom stereocenters. The van der Waals surface area contributed by atoms with Gasteiger partial charge in [-0.05, 0) is 62.2 Å². The van der Waals surface area contributed by atoms with Crippen LogP contribution in [0.5, 0.6) is 11.5 Å². The lowest BCUT2D eigenvalue weighted by Gasteiger charge is -2.34. The molecule has 0 saturated heterocycles. The van der Waals surface area contributed by atoms with E-state index in [2.05, 4.69) is 15.6 Å². The van der Waals surface area contributed by atoms with Crippen LogP contribution >= 0.6 is 0 Å². The van der Waals surface area contributed by atoms with Crippen LogP contribution in [0, 0.1) is 0 Å². The second-order valence-electron chi connectivity index (χ2n) is 9.58. The maximum atomic E-state index is 14.0. The molecule has 0 fully saturated rings. The predicted octanol–water partition coefficient (Wildman–Crippen LogP) is 4.12. The van der Waals surface area contributed by atoms with Gasteiger partial charge in [-0.3, -0.25) is 9.59 Å². The second-order valence-corrected chi connectivity index (χ2v) is 9.58. The van der Waals surface area contributed by atoms with Crippen molar-refractivity contribution < 1.29 is 23.5 Å². The molecular weight excluding hydrogens is 486 g/mol. The number of benzene rings is 2. The molecule has 2 aromatic heterocycles. The van der Waals surface area contributed by atoms with E-state index in [0.29, 0.717) is 34.8 Å². The summed E-state index contributed by atoms with van der Waals surface area (Å²) < 4.78 is 18.0. The van der Waals surface area contributed by atoms with Crippen molar-refractivity contribution in [3.63, 3.8) is 0 Å². The maximum Gasteiger partial charge on any atom is 0.247 e. The van der Waals surface area contributed by atoms with Gasteiger partial charge in [0, 0.05) is 5.54 Å². The average molecular weight is 520 g/mol. The molecule has 0 radical (unpaired) electrons. The summed E-state index contributed by atoms with van der Waals surface area (Å²) in [7, 11) is 3.07. The van der Waals surface area contributed by atoms with Crippen molar-refractivity contribution >= 4 is 22.8 Å². The summed E-state index contributed by atoms with van der Waals surface area (Å²) in [6.45, 7) is 5.83. The number of nitrogens with one attached hydrogen (secondary N) is 1. The fraction of sp³-hybridized carbons (Fsp3) is 0.357. The number of ether oxygens (including phenoxy) is 2. The topological polar surface area (TPSA) is 112 Å². The van der Waals surface area contributed by atoms with E-state index in [0.717, 1.165) is 5.52 Å². The lowest BCUT2D eigenvalue weighted by molar-refractivity contribution is -0.143. The Kier molecular flexibility index (Phi) is 7.99. The van der Waals surface area contributed by atoms with Crippen LogP contribution in [-0.2, 0) is 22.7 Å². The highest BCUT2D eigenvalue weighted by Gasteiger charge is 2.35. The molecule has 0 saturated carbocycles. The molecule has 200 valence electrons. The highest BCUT2D eigenvalue weighted by Crippen LogP contribution is 2.33.